The standard InChI is InChI=1S/C19H26N2O2S/c1-13-9-10-16(15-8-5-4-7-14(13)15)21(3)18(20-2)24-19(17(22)23)11-6-12-19/h9-10H,4-8,11-12H2,1-3H3,(H,22,23). The van der Waals surface area contributed by atoms with Crippen LogP contribution in [-0.4, -0.2) is 35.1 Å². The number of aliphatic carboxylic acids is 1. The van der Waals surface area contributed by atoms with Crippen LogP contribution < -0.4 is 4.90 Å². The highest BCUT2D eigenvalue weighted by atomic mass is 32.2. The zero-order chi connectivity index (χ0) is 17.3. The third-order valence-corrected chi connectivity index (χ3v) is 7.03. The Labute approximate surface area is 148 Å². The molecule has 2 aliphatic rings. The fraction of sp³-hybridized carbons (Fsp3) is 0.579. The van der Waals surface area contributed by atoms with Crippen molar-refractivity contribution in [3.8, 4) is 0 Å². The molecular weight excluding hydrogens is 320 g/mol. The summed E-state index contributed by atoms with van der Waals surface area (Å²) in [5, 5.41) is 10.4. The highest BCUT2D eigenvalue weighted by Gasteiger charge is 2.47. The fourth-order valence-corrected chi connectivity index (χ4v) is 5.00. The van der Waals surface area contributed by atoms with Crippen molar-refractivity contribution in [2.45, 2.75) is 56.6 Å². The van der Waals surface area contributed by atoms with Crippen molar-refractivity contribution in [1.29, 1.82) is 0 Å². The van der Waals surface area contributed by atoms with Gasteiger partial charge >= 0.3 is 5.97 Å². The first-order chi connectivity index (χ1) is 11.5. The summed E-state index contributed by atoms with van der Waals surface area (Å²) >= 11 is 1.42. The van der Waals surface area contributed by atoms with Crippen LogP contribution in [0.25, 0.3) is 0 Å². The van der Waals surface area contributed by atoms with Gasteiger partial charge in [-0.05, 0) is 74.6 Å². The number of anilines is 1. The SMILES string of the molecule is CN=C(SC1(C(=O)O)CCC1)N(C)c1ccc(C)c2c1CCCC2. The van der Waals surface area contributed by atoms with Gasteiger partial charge < -0.3 is 10.0 Å². The Morgan fingerprint density at radius 1 is 1.21 bits per heavy atom. The summed E-state index contributed by atoms with van der Waals surface area (Å²) < 4.78 is -0.687. The van der Waals surface area contributed by atoms with Crippen LogP contribution in [0.4, 0.5) is 5.69 Å². The average Bonchev–Trinajstić information content (AvgIpc) is 2.54. The minimum absolute atomic E-state index is 0.687. The van der Waals surface area contributed by atoms with Gasteiger partial charge in [0, 0.05) is 19.8 Å². The van der Waals surface area contributed by atoms with E-state index in [1.807, 2.05) is 7.05 Å². The predicted octanol–water partition coefficient (Wildman–Crippen LogP) is 4.04. The number of thioether (sulfide) groups is 1. The average molecular weight is 346 g/mol. The summed E-state index contributed by atoms with van der Waals surface area (Å²) in [6.07, 6.45) is 7.17. The van der Waals surface area contributed by atoms with Crippen molar-refractivity contribution in [2.24, 2.45) is 4.99 Å². The predicted molar refractivity (Wildman–Crippen MR) is 101 cm³/mol. The van der Waals surface area contributed by atoms with Crippen molar-refractivity contribution in [3.05, 3.63) is 28.8 Å². The van der Waals surface area contributed by atoms with Crippen molar-refractivity contribution in [3.63, 3.8) is 0 Å². The highest BCUT2D eigenvalue weighted by molar-refractivity contribution is 8.16. The maximum atomic E-state index is 11.7. The van der Waals surface area contributed by atoms with Gasteiger partial charge in [0.2, 0.25) is 0 Å². The topological polar surface area (TPSA) is 52.9 Å². The molecule has 2 aliphatic carbocycles. The number of amidine groups is 1. The number of carbonyl (C=O) groups is 1. The first-order valence-corrected chi connectivity index (χ1v) is 9.54. The zero-order valence-electron chi connectivity index (χ0n) is 14.8. The van der Waals surface area contributed by atoms with E-state index in [1.54, 1.807) is 7.05 Å². The van der Waals surface area contributed by atoms with E-state index in [0.29, 0.717) is 0 Å². The van der Waals surface area contributed by atoms with E-state index in [4.69, 9.17) is 0 Å². The fourth-order valence-electron chi connectivity index (χ4n) is 3.74. The van der Waals surface area contributed by atoms with Gasteiger partial charge in [0.25, 0.3) is 0 Å². The number of fused-ring (bicyclic) bond motifs is 1. The molecule has 0 unspecified atom stereocenters. The lowest BCUT2D eigenvalue weighted by atomic mass is 9.84. The molecule has 1 N–H and O–H groups in total. The maximum absolute atomic E-state index is 11.7. The molecule has 0 spiro atoms. The Bertz CT molecular complexity index is 680. The van der Waals surface area contributed by atoms with Crippen LogP contribution >= 0.6 is 11.8 Å². The van der Waals surface area contributed by atoms with Gasteiger partial charge in [0.15, 0.2) is 5.17 Å². The van der Waals surface area contributed by atoms with Crippen LogP contribution in [0.15, 0.2) is 17.1 Å². The Kier molecular flexibility index (Phi) is 4.90. The number of hydrogen-bond acceptors (Lipinski definition) is 3. The number of aryl methyl sites for hydroxylation is 1. The Hall–Kier alpha value is -1.49. The molecule has 0 atom stereocenters. The number of rotatable bonds is 3. The zero-order valence-corrected chi connectivity index (χ0v) is 15.6. The Balaban J connectivity index is 1.90. The van der Waals surface area contributed by atoms with Gasteiger partial charge in [-0.15, -0.1) is 0 Å². The normalized spacial score (nSPS) is 19.4. The van der Waals surface area contributed by atoms with E-state index in [0.717, 1.165) is 37.3 Å². The highest BCUT2D eigenvalue weighted by Crippen LogP contribution is 2.46. The lowest BCUT2D eigenvalue weighted by molar-refractivity contribution is -0.142. The smallest absolute Gasteiger partial charge is 0.320 e. The first-order valence-electron chi connectivity index (χ1n) is 8.73. The van der Waals surface area contributed by atoms with Gasteiger partial charge in [-0.25, -0.2) is 0 Å². The summed E-state index contributed by atoms with van der Waals surface area (Å²) in [5.41, 5.74) is 5.44. The molecule has 0 heterocycles. The molecule has 0 aliphatic heterocycles. The molecule has 5 heteroatoms. The second kappa shape index (κ2) is 6.79. The van der Waals surface area contributed by atoms with Crippen molar-refractivity contribution >= 4 is 28.6 Å². The number of aliphatic imine (C=N–C) groups is 1. The summed E-state index contributed by atoms with van der Waals surface area (Å²) in [4.78, 5) is 18.2. The molecule has 1 saturated carbocycles. The molecule has 1 fully saturated rings. The second-order valence-electron chi connectivity index (χ2n) is 6.89. The van der Waals surface area contributed by atoms with Crippen LogP contribution in [0.5, 0.6) is 0 Å². The quantitative estimate of drug-likeness (QED) is 0.663. The number of carboxylic acids is 1. The molecule has 1 aromatic carbocycles. The van der Waals surface area contributed by atoms with E-state index >= 15 is 0 Å². The minimum atomic E-state index is -0.709. The summed E-state index contributed by atoms with van der Waals surface area (Å²) in [7, 11) is 3.77. The molecule has 0 amide bonds. The minimum Gasteiger partial charge on any atom is -0.480 e. The molecule has 0 aromatic heterocycles. The van der Waals surface area contributed by atoms with Gasteiger partial charge in [-0.1, -0.05) is 17.8 Å². The van der Waals surface area contributed by atoms with Crippen molar-refractivity contribution in [1.82, 2.24) is 0 Å². The van der Waals surface area contributed by atoms with E-state index in [2.05, 4.69) is 28.9 Å². The maximum Gasteiger partial charge on any atom is 0.320 e. The monoisotopic (exact) mass is 346 g/mol. The number of benzene rings is 1. The first kappa shape index (κ1) is 17.3. The Morgan fingerprint density at radius 2 is 1.88 bits per heavy atom. The molecule has 0 bridgehead atoms. The van der Waals surface area contributed by atoms with Crippen molar-refractivity contribution in [2.75, 3.05) is 19.0 Å². The van der Waals surface area contributed by atoms with E-state index in [9.17, 15) is 9.90 Å². The van der Waals surface area contributed by atoms with Crippen LogP contribution in [0.1, 0.15) is 48.8 Å². The third-order valence-electron chi connectivity index (χ3n) is 5.42. The molecule has 0 radical (unpaired) electrons. The Morgan fingerprint density at radius 3 is 2.42 bits per heavy atom. The number of hydrogen-bond donors (Lipinski definition) is 1. The van der Waals surface area contributed by atoms with Crippen LogP contribution in [0.2, 0.25) is 0 Å². The lowest BCUT2D eigenvalue weighted by Gasteiger charge is -2.38. The van der Waals surface area contributed by atoms with Crippen LogP contribution in [0.3, 0.4) is 0 Å². The molecule has 1 aromatic rings. The largest absolute Gasteiger partial charge is 0.480 e. The van der Waals surface area contributed by atoms with E-state index in [-0.39, 0.29) is 0 Å². The summed E-state index contributed by atoms with van der Waals surface area (Å²) in [5.74, 6) is -0.709. The number of nitrogens with zero attached hydrogens (tertiary/aromatic N) is 2. The van der Waals surface area contributed by atoms with Crippen LogP contribution in [0, 0.1) is 6.92 Å². The van der Waals surface area contributed by atoms with Crippen LogP contribution in [-0.2, 0) is 17.6 Å². The molecule has 4 nitrogen and oxygen atoms in total. The van der Waals surface area contributed by atoms with Gasteiger partial charge in [-0.2, -0.15) is 0 Å². The van der Waals surface area contributed by atoms with E-state index < -0.39 is 10.7 Å². The summed E-state index contributed by atoms with van der Waals surface area (Å²) in [6, 6.07) is 4.35. The van der Waals surface area contributed by atoms with Gasteiger partial charge in [-0.3, -0.25) is 9.79 Å². The van der Waals surface area contributed by atoms with Gasteiger partial charge in [0.1, 0.15) is 4.75 Å². The summed E-state index contributed by atoms with van der Waals surface area (Å²) in [6.45, 7) is 2.19. The van der Waals surface area contributed by atoms with Crippen molar-refractivity contribution < 1.29 is 9.90 Å². The van der Waals surface area contributed by atoms with Gasteiger partial charge in [0.05, 0.1) is 0 Å². The third kappa shape index (κ3) is 2.94. The molecule has 3 rings (SSSR count). The second-order valence-corrected chi connectivity index (χ2v) is 8.24. The molecule has 0 saturated heterocycles. The number of carboxylic acid groups (broad SMARTS) is 1. The lowest BCUT2D eigenvalue weighted by Crippen LogP contribution is -2.45. The molecule has 24 heavy (non-hydrogen) atoms. The molecule has 130 valence electrons. The molecular formula is C19H26N2O2S. The van der Waals surface area contributed by atoms with E-state index in [1.165, 1.54) is 47.0 Å².